The van der Waals surface area contributed by atoms with Crippen molar-refractivity contribution in [2.24, 2.45) is 24.1 Å². The van der Waals surface area contributed by atoms with Crippen LogP contribution in [0.5, 0.6) is 0 Å². The van der Waals surface area contributed by atoms with Gasteiger partial charge in [0.05, 0.1) is 38.6 Å². The van der Waals surface area contributed by atoms with Crippen molar-refractivity contribution >= 4 is 35.1 Å². The second kappa shape index (κ2) is 17.0. The second-order valence-corrected chi connectivity index (χ2v) is 12.8. The van der Waals surface area contributed by atoms with E-state index in [9.17, 15) is 19.8 Å². The van der Waals surface area contributed by atoms with Gasteiger partial charge in [-0.3, -0.25) is 19.6 Å². The molecule has 2 aromatic heterocycles. The zero-order valence-corrected chi connectivity index (χ0v) is 27.9. The van der Waals surface area contributed by atoms with Crippen molar-refractivity contribution < 1.29 is 49.0 Å². The summed E-state index contributed by atoms with van der Waals surface area (Å²) in [5.41, 5.74) is 0.941. The summed E-state index contributed by atoms with van der Waals surface area (Å²) in [6.07, 6.45) is 16.2. The molecule has 48 heavy (non-hydrogen) atoms. The van der Waals surface area contributed by atoms with Crippen LogP contribution in [0, 0.1) is 0 Å². The number of nitrogens with zero attached hydrogens (tertiary/aromatic N) is 6. The van der Waals surface area contributed by atoms with Crippen LogP contribution < -0.4 is 30.0 Å². The van der Waals surface area contributed by atoms with E-state index >= 15 is 0 Å². The standard InChI is InChI=1S/C34H46N8O6/c1-39-15-17-41(23-39)13-5-3-7-31(43)47-27-19-29(35-21-27)33(45)37-25-9-11-26(12-10-25)38-34(46)30-20-28(22-36-30)48-32(44)8-4-6-14-42-18-16-40(2)24-42/h9-12,15-18,23-24,27-30,35-36H,3-8,13-14,19-22H2,1-2H3/p+2/t27-,28-,29+,30+/m1/s1. The minimum Gasteiger partial charge on any atom is -0.858 e. The third-order valence-corrected chi connectivity index (χ3v) is 8.70. The van der Waals surface area contributed by atoms with E-state index in [0.29, 0.717) is 50.1 Å². The van der Waals surface area contributed by atoms with Crippen molar-refractivity contribution in [3.8, 4) is 0 Å². The number of unbranched alkanes of at least 4 members (excludes halogenated alkanes) is 2. The van der Waals surface area contributed by atoms with Crippen LogP contribution >= 0.6 is 0 Å². The number of hydrogen-bond acceptors (Lipinski definition) is 8. The lowest BCUT2D eigenvalue weighted by Gasteiger charge is -2.16. The van der Waals surface area contributed by atoms with Gasteiger partial charge in [-0.15, -0.1) is 0 Å². The first-order valence-corrected chi connectivity index (χ1v) is 16.9. The van der Waals surface area contributed by atoms with Crippen LogP contribution in [0.1, 0.15) is 51.4 Å². The van der Waals surface area contributed by atoms with Crippen molar-refractivity contribution in [3.63, 3.8) is 0 Å². The number of benzene rings is 1. The first kappa shape index (κ1) is 34.8. The summed E-state index contributed by atoms with van der Waals surface area (Å²) in [7, 11) is 3.94. The zero-order chi connectivity index (χ0) is 33.9. The molecule has 4 N–H and O–H groups in total. The smallest absolute Gasteiger partial charge is 0.306 e. The number of imidazole rings is 2. The highest BCUT2D eigenvalue weighted by molar-refractivity contribution is 5.81. The van der Waals surface area contributed by atoms with E-state index < -0.39 is 12.1 Å². The van der Waals surface area contributed by atoms with Gasteiger partial charge < -0.3 is 30.3 Å². The van der Waals surface area contributed by atoms with Gasteiger partial charge >= 0.3 is 11.9 Å². The summed E-state index contributed by atoms with van der Waals surface area (Å²) in [6, 6.07) is 5.81. The maximum absolute atomic E-state index is 12.8. The topological polar surface area (TPSA) is 174 Å². The van der Waals surface area contributed by atoms with Gasteiger partial charge in [0.2, 0.25) is 12.7 Å². The fourth-order valence-corrected chi connectivity index (χ4v) is 6.09. The molecule has 1 aromatic carbocycles. The molecule has 0 spiro atoms. The van der Waals surface area contributed by atoms with Gasteiger partial charge in [-0.25, -0.2) is 18.3 Å². The molecule has 0 amide bonds. The largest absolute Gasteiger partial charge is 0.858 e. The van der Waals surface area contributed by atoms with E-state index in [2.05, 4.69) is 19.1 Å². The van der Waals surface area contributed by atoms with Gasteiger partial charge in [0.1, 0.15) is 50.0 Å². The highest BCUT2D eigenvalue weighted by atomic mass is 16.5. The Morgan fingerprint density at radius 3 is 1.54 bits per heavy atom. The lowest BCUT2D eigenvalue weighted by Crippen LogP contribution is -2.89. The van der Waals surface area contributed by atoms with E-state index in [0.717, 1.165) is 38.8 Å². The second-order valence-electron chi connectivity index (χ2n) is 12.8. The van der Waals surface area contributed by atoms with Crippen LogP contribution in [0.3, 0.4) is 0 Å². The Morgan fingerprint density at radius 2 is 1.17 bits per heavy atom. The number of carbonyl (C=O) groups is 2. The van der Waals surface area contributed by atoms with Gasteiger partial charge in [-0.1, -0.05) is 0 Å². The predicted molar refractivity (Wildman–Crippen MR) is 170 cm³/mol. The number of hydrogen-bond donors (Lipinski definition) is 2. The number of aliphatic imine (C=N–C) groups is 2. The Morgan fingerprint density at radius 1 is 0.750 bits per heavy atom. The fourth-order valence-electron chi connectivity index (χ4n) is 6.09. The highest BCUT2D eigenvalue weighted by Crippen LogP contribution is 2.20. The van der Waals surface area contributed by atoms with Crippen molar-refractivity contribution in [1.82, 2.24) is 9.13 Å². The normalized spacial score (nSPS) is 21.5. The summed E-state index contributed by atoms with van der Waals surface area (Å²) in [5, 5.41) is 29.4. The van der Waals surface area contributed by atoms with E-state index in [-0.39, 0.29) is 35.9 Å². The molecular formula is C34H48N8O6+2. The molecule has 5 rings (SSSR count). The van der Waals surface area contributed by atoms with Crippen molar-refractivity contribution in [2.75, 3.05) is 13.1 Å². The molecule has 14 nitrogen and oxygen atoms in total. The zero-order valence-electron chi connectivity index (χ0n) is 27.9. The molecule has 3 aromatic rings. The quantitative estimate of drug-likeness (QED) is 0.0587. The number of aryl methyl sites for hydroxylation is 4. The molecule has 2 aliphatic rings. The number of ether oxygens (including phenoxy) is 2. The summed E-state index contributed by atoms with van der Waals surface area (Å²) >= 11 is 0. The first-order chi connectivity index (χ1) is 23.2. The summed E-state index contributed by atoms with van der Waals surface area (Å²) in [5.74, 6) is -1.04. The van der Waals surface area contributed by atoms with E-state index in [4.69, 9.17) is 9.47 Å². The predicted octanol–water partition coefficient (Wildman–Crippen LogP) is -2.04. The number of nitrogens with two attached hydrogens (primary N) is 2. The van der Waals surface area contributed by atoms with Crippen LogP contribution in [0.25, 0.3) is 0 Å². The minimum absolute atomic E-state index is 0.235. The molecular weight excluding hydrogens is 616 g/mol. The van der Waals surface area contributed by atoms with Crippen LogP contribution in [-0.2, 0) is 46.2 Å². The lowest BCUT2D eigenvalue weighted by molar-refractivity contribution is -0.671. The van der Waals surface area contributed by atoms with E-state index in [1.807, 2.05) is 71.3 Å². The Labute approximate surface area is 280 Å². The summed E-state index contributed by atoms with van der Waals surface area (Å²) in [6.45, 7) is 2.76. The average Bonchev–Trinajstić information content (AvgIpc) is 3.88. The SMILES string of the molecule is C[n+]1ccn(CCCCC(=O)O[C@H]2C[NH2+][C@H](C([O-])=Nc3ccc(N=C([O-])[C@@H]4C[C@@H](OC(=O)CCCCn5cc[n+](C)c5)C[NH2+]4)cc3)C2)c1. The average molecular weight is 665 g/mol. The van der Waals surface area contributed by atoms with Gasteiger partial charge in [-0.2, -0.15) is 0 Å². The van der Waals surface area contributed by atoms with Gasteiger partial charge in [-0.05, 0) is 49.9 Å². The van der Waals surface area contributed by atoms with Crippen LogP contribution in [0.15, 0.2) is 71.7 Å². The maximum Gasteiger partial charge on any atom is 0.306 e. The minimum atomic E-state index is -0.406. The van der Waals surface area contributed by atoms with Crippen LogP contribution in [0.4, 0.5) is 11.4 Å². The molecule has 2 saturated heterocycles. The van der Waals surface area contributed by atoms with Crippen LogP contribution in [-0.4, -0.2) is 70.2 Å². The highest BCUT2D eigenvalue weighted by Gasteiger charge is 2.32. The summed E-state index contributed by atoms with van der Waals surface area (Å²) in [4.78, 5) is 33.1. The Balaban J connectivity index is 0.987. The van der Waals surface area contributed by atoms with Gasteiger partial charge in [0, 0.05) is 37.5 Å². The number of quaternary nitrogens is 2. The molecule has 0 saturated carbocycles. The molecule has 4 heterocycles. The van der Waals surface area contributed by atoms with Gasteiger partial charge in [0.25, 0.3) is 0 Å². The monoisotopic (exact) mass is 664 g/mol. The molecule has 14 heteroatoms. The van der Waals surface area contributed by atoms with E-state index in [1.54, 1.807) is 24.3 Å². The van der Waals surface area contributed by atoms with Crippen molar-refractivity contribution in [2.45, 2.75) is 88.7 Å². The third-order valence-electron chi connectivity index (χ3n) is 8.70. The molecule has 4 atom stereocenters. The van der Waals surface area contributed by atoms with Gasteiger partial charge in [0.15, 0.2) is 12.2 Å². The third kappa shape index (κ3) is 10.7. The fraction of sp³-hybridized carbons (Fsp3) is 0.529. The first-order valence-electron chi connectivity index (χ1n) is 16.9. The number of esters is 2. The molecule has 2 fully saturated rings. The number of carbonyl (C=O) groups excluding carboxylic acids is 2. The number of aromatic nitrogens is 4. The van der Waals surface area contributed by atoms with Crippen molar-refractivity contribution in [3.05, 3.63) is 61.7 Å². The van der Waals surface area contributed by atoms with Crippen molar-refractivity contribution in [1.29, 1.82) is 0 Å². The molecule has 0 unspecified atom stereocenters. The Hall–Kier alpha value is -4.56. The van der Waals surface area contributed by atoms with Crippen LogP contribution in [0.2, 0.25) is 0 Å². The van der Waals surface area contributed by atoms with E-state index in [1.165, 1.54) is 0 Å². The number of rotatable bonds is 16. The summed E-state index contributed by atoms with van der Waals surface area (Å²) < 4.78 is 19.3. The lowest BCUT2D eigenvalue weighted by atomic mass is 10.2. The molecule has 258 valence electrons. The molecule has 0 radical (unpaired) electrons. The molecule has 0 bridgehead atoms. The maximum atomic E-state index is 12.8. The molecule has 2 aliphatic heterocycles. The molecule has 0 aliphatic carbocycles. The Bertz CT molecular complexity index is 1450. The Kier molecular flexibility index (Phi) is 12.3.